The van der Waals surface area contributed by atoms with Crippen LogP contribution < -0.4 is 5.73 Å². The Morgan fingerprint density at radius 2 is 1.97 bits per heavy atom. The molecule has 0 aromatic carbocycles. The number of nitrogens with two attached hydrogens (primary N) is 1. The first kappa shape index (κ1) is 19.5. The highest BCUT2D eigenvalue weighted by atomic mass is 32.2. The molecule has 2 aliphatic rings. The van der Waals surface area contributed by atoms with E-state index in [4.69, 9.17) is 5.73 Å². The maximum absolute atomic E-state index is 13.2. The molecule has 30 heavy (non-hydrogen) atoms. The molecule has 1 saturated heterocycles. The van der Waals surface area contributed by atoms with E-state index >= 15 is 0 Å². The van der Waals surface area contributed by atoms with E-state index in [-0.39, 0.29) is 10.8 Å². The number of carbonyl (C=O) groups excluding carboxylic acids is 1. The molecule has 2 N–H and O–H groups in total. The number of fused-ring (bicyclic) bond motifs is 3. The normalized spacial score (nSPS) is 17.6. The molecule has 5 heterocycles. The van der Waals surface area contributed by atoms with Crippen molar-refractivity contribution in [1.82, 2.24) is 23.7 Å². The van der Waals surface area contributed by atoms with Gasteiger partial charge in [-0.15, -0.1) is 11.3 Å². The summed E-state index contributed by atoms with van der Waals surface area (Å²) in [6.45, 7) is 2.06. The minimum atomic E-state index is -3.56. The van der Waals surface area contributed by atoms with E-state index in [9.17, 15) is 13.2 Å². The van der Waals surface area contributed by atoms with Crippen LogP contribution in [0.4, 0.5) is 5.82 Å². The van der Waals surface area contributed by atoms with Gasteiger partial charge in [-0.1, -0.05) is 0 Å². The molecule has 1 fully saturated rings. The van der Waals surface area contributed by atoms with Gasteiger partial charge in [-0.3, -0.25) is 4.79 Å². The first-order valence-electron chi connectivity index (χ1n) is 9.83. The molecule has 3 aromatic rings. The number of hydrogen-bond donors (Lipinski definition) is 1. The summed E-state index contributed by atoms with van der Waals surface area (Å²) in [6.07, 6.45) is 5.40. The molecule has 0 aliphatic carbocycles. The van der Waals surface area contributed by atoms with Crippen LogP contribution in [0.3, 0.4) is 0 Å². The second kappa shape index (κ2) is 7.03. The zero-order chi connectivity index (χ0) is 21.0. The minimum Gasteiger partial charge on any atom is -0.383 e. The van der Waals surface area contributed by atoms with Crippen LogP contribution in [0.15, 0.2) is 23.5 Å². The average molecular weight is 447 g/mol. The van der Waals surface area contributed by atoms with Gasteiger partial charge in [0.1, 0.15) is 27.6 Å². The van der Waals surface area contributed by atoms with Gasteiger partial charge in [0.2, 0.25) is 10.0 Å². The number of aromatic nitrogens is 3. The van der Waals surface area contributed by atoms with E-state index in [2.05, 4.69) is 9.97 Å². The number of thiophene rings is 1. The number of hydrogen-bond acceptors (Lipinski definition) is 7. The zero-order valence-corrected chi connectivity index (χ0v) is 18.2. The number of carbonyl (C=O) groups is 1. The Morgan fingerprint density at radius 3 is 2.73 bits per heavy atom. The molecular weight excluding hydrogens is 424 g/mol. The Morgan fingerprint density at radius 1 is 1.20 bits per heavy atom. The highest BCUT2D eigenvalue weighted by Gasteiger charge is 2.32. The van der Waals surface area contributed by atoms with Crippen LogP contribution in [0.2, 0.25) is 0 Å². The van der Waals surface area contributed by atoms with Crippen LogP contribution >= 0.6 is 11.3 Å². The average Bonchev–Trinajstić information content (AvgIpc) is 3.45. The topological polar surface area (TPSA) is 114 Å². The van der Waals surface area contributed by atoms with Crippen LogP contribution in [-0.2, 0) is 30.0 Å². The number of anilines is 1. The van der Waals surface area contributed by atoms with Crippen LogP contribution in [0.1, 0.15) is 33.8 Å². The molecule has 2 aliphatic heterocycles. The highest BCUT2D eigenvalue weighted by Crippen LogP contribution is 2.36. The van der Waals surface area contributed by atoms with Crippen molar-refractivity contribution in [2.45, 2.75) is 30.7 Å². The number of nitrogen functional groups attached to an aromatic ring is 1. The summed E-state index contributed by atoms with van der Waals surface area (Å²) in [7, 11) is -1.85. The molecule has 3 aromatic heterocycles. The lowest BCUT2D eigenvalue weighted by molar-refractivity contribution is 0.0727. The largest absolute Gasteiger partial charge is 0.383 e. The SMILES string of the molecule is Cn1cc(S(=O)(=O)N2CCCC2)cc1C(=O)N1CCc2c(sc3ncnc(N)c23)C1. The molecule has 1 amide bonds. The monoisotopic (exact) mass is 446 g/mol. The molecule has 158 valence electrons. The molecule has 0 spiro atoms. The Kier molecular flexibility index (Phi) is 4.56. The van der Waals surface area contributed by atoms with Crippen molar-refractivity contribution < 1.29 is 13.2 Å². The first-order valence-corrected chi connectivity index (χ1v) is 12.1. The van der Waals surface area contributed by atoms with E-state index in [0.717, 1.165) is 33.5 Å². The second-order valence-electron chi connectivity index (χ2n) is 7.70. The van der Waals surface area contributed by atoms with E-state index < -0.39 is 10.0 Å². The number of nitrogens with zero attached hydrogens (tertiary/aromatic N) is 5. The van der Waals surface area contributed by atoms with Crippen molar-refractivity contribution in [1.29, 1.82) is 0 Å². The third kappa shape index (κ3) is 2.99. The van der Waals surface area contributed by atoms with Gasteiger partial charge in [0.25, 0.3) is 5.91 Å². The third-order valence-electron chi connectivity index (χ3n) is 5.86. The van der Waals surface area contributed by atoms with Gasteiger partial charge in [-0.2, -0.15) is 4.31 Å². The molecule has 0 radical (unpaired) electrons. The molecule has 5 rings (SSSR count). The summed E-state index contributed by atoms with van der Waals surface area (Å²) in [4.78, 5) is 25.4. The van der Waals surface area contributed by atoms with Gasteiger partial charge in [0.05, 0.1) is 11.9 Å². The fraction of sp³-hybridized carbons (Fsp3) is 0.421. The van der Waals surface area contributed by atoms with E-state index in [1.807, 2.05) is 0 Å². The zero-order valence-electron chi connectivity index (χ0n) is 16.5. The smallest absolute Gasteiger partial charge is 0.270 e. The van der Waals surface area contributed by atoms with Crippen molar-refractivity contribution in [3.63, 3.8) is 0 Å². The fourth-order valence-electron chi connectivity index (χ4n) is 4.25. The van der Waals surface area contributed by atoms with Gasteiger partial charge >= 0.3 is 0 Å². The van der Waals surface area contributed by atoms with Crippen molar-refractivity contribution in [3.05, 3.63) is 34.7 Å². The van der Waals surface area contributed by atoms with Crippen LogP contribution in [0.5, 0.6) is 0 Å². The van der Waals surface area contributed by atoms with Crippen molar-refractivity contribution in [3.8, 4) is 0 Å². The summed E-state index contributed by atoms with van der Waals surface area (Å²) in [5, 5.41) is 0.891. The van der Waals surface area contributed by atoms with Gasteiger partial charge in [-0.05, 0) is 30.9 Å². The predicted octanol–water partition coefficient (Wildman–Crippen LogP) is 1.59. The fourth-order valence-corrected chi connectivity index (χ4v) is 7.05. The predicted molar refractivity (Wildman–Crippen MR) is 114 cm³/mol. The lowest BCUT2D eigenvalue weighted by Crippen LogP contribution is -2.36. The number of amides is 1. The second-order valence-corrected chi connectivity index (χ2v) is 10.7. The summed E-state index contributed by atoms with van der Waals surface area (Å²) >= 11 is 1.53. The van der Waals surface area contributed by atoms with Crippen molar-refractivity contribution in [2.75, 3.05) is 25.4 Å². The maximum atomic E-state index is 13.2. The van der Waals surface area contributed by atoms with Gasteiger partial charge in [0, 0.05) is 37.8 Å². The Hall–Kier alpha value is -2.50. The first-order chi connectivity index (χ1) is 14.4. The van der Waals surface area contributed by atoms with Crippen molar-refractivity contribution in [2.24, 2.45) is 7.05 Å². The molecular formula is C19H22N6O3S2. The van der Waals surface area contributed by atoms with E-state index in [1.54, 1.807) is 16.5 Å². The Bertz CT molecular complexity index is 1260. The van der Waals surface area contributed by atoms with Gasteiger partial charge < -0.3 is 15.2 Å². The number of sulfonamides is 1. The molecule has 0 atom stereocenters. The van der Waals surface area contributed by atoms with Gasteiger partial charge in [0.15, 0.2) is 0 Å². The molecule has 0 unspecified atom stereocenters. The molecule has 0 saturated carbocycles. The van der Waals surface area contributed by atoms with Crippen molar-refractivity contribution >= 4 is 43.3 Å². The standard InChI is InChI=1S/C19H22N6O3S2/c1-23-9-12(30(27,28)25-5-2-3-6-25)8-14(23)19(26)24-7-4-13-15(10-24)29-18-16(13)17(20)21-11-22-18/h8-9,11H,2-7,10H2,1H3,(H2,20,21,22). The van der Waals surface area contributed by atoms with Crippen LogP contribution in [-0.4, -0.2) is 57.7 Å². The maximum Gasteiger partial charge on any atom is 0.270 e. The Labute approximate surface area is 178 Å². The lowest BCUT2D eigenvalue weighted by Gasteiger charge is -2.27. The Balaban J connectivity index is 1.43. The van der Waals surface area contributed by atoms with Crippen LogP contribution in [0, 0.1) is 0 Å². The van der Waals surface area contributed by atoms with Gasteiger partial charge in [-0.25, -0.2) is 18.4 Å². The van der Waals surface area contributed by atoms with Crippen LogP contribution in [0.25, 0.3) is 10.2 Å². The number of aryl methyl sites for hydroxylation is 1. The molecule has 9 nitrogen and oxygen atoms in total. The third-order valence-corrected chi connectivity index (χ3v) is 8.84. The highest BCUT2D eigenvalue weighted by molar-refractivity contribution is 7.89. The number of rotatable bonds is 3. The van der Waals surface area contributed by atoms with E-state index in [1.165, 1.54) is 34.2 Å². The van der Waals surface area contributed by atoms with E-state index in [0.29, 0.717) is 44.1 Å². The summed E-state index contributed by atoms with van der Waals surface area (Å²) in [6, 6.07) is 1.50. The summed E-state index contributed by atoms with van der Waals surface area (Å²) in [5.74, 6) is 0.291. The summed E-state index contributed by atoms with van der Waals surface area (Å²) in [5.41, 5.74) is 7.52. The molecule has 11 heteroatoms. The quantitative estimate of drug-likeness (QED) is 0.654. The minimum absolute atomic E-state index is 0.178. The molecule has 0 bridgehead atoms. The summed E-state index contributed by atoms with van der Waals surface area (Å²) < 4.78 is 28.8. The lowest BCUT2D eigenvalue weighted by atomic mass is 10.0.